The van der Waals surface area contributed by atoms with Gasteiger partial charge in [0.2, 0.25) is 0 Å². The van der Waals surface area contributed by atoms with Crippen LogP contribution in [-0.2, 0) is 0 Å². The van der Waals surface area contributed by atoms with Gasteiger partial charge in [0.1, 0.15) is 0 Å². The summed E-state index contributed by atoms with van der Waals surface area (Å²) in [7, 11) is 0. The van der Waals surface area contributed by atoms with E-state index < -0.39 is 6.10 Å². The van der Waals surface area contributed by atoms with Crippen molar-refractivity contribution in [3.8, 4) is 0 Å². The van der Waals surface area contributed by atoms with Crippen LogP contribution < -0.4 is 11.5 Å². The van der Waals surface area contributed by atoms with Crippen molar-refractivity contribution in [3.63, 3.8) is 0 Å². The van der Waals surface area contributed by atoms with E-state index in [4.69, 9.17) is 16.6 Å². The molecule has 0 unspecified atom stereocenters. The van der Waals surface area contributed by atoms with Gasteiger partial charge in [-0.15, -0.1) is 12.4 Å². The molecule has 0 spiro atoms. The van der Waals surface area contributed by atoms with E-state index in [0.29, 0.717) is 0 Å². The molecular weight excluding hydrogens is 115 g/mol. The number of aliphatic hydroxyl groups is 1. The Morgan fingerprint density at radius 2 is 1.57 bits per heavy atom. The minimum atomic E-state index is -0.509. The van der Waals surface area contributed by atoms with Gasteiger partial charge in [-0.25, -0.2) is 0 Å². The third kappa shape index (κ3) is 6.17. The predicted octanol–water partition coefficient (Wildman–Crippen LogP) is -1.31. The predicted molar refractivity (Wildman–Crippen MR) is 31.4 cm³/mol. The summed E-state index contributed by atoms with van der Waals surface area (Å²) in [6.07, 6.45) is -0.509. The topological polar surface area (TPSA) is 72.3 Å². The highest BCUT2D eigenvalue weighted by atomic mass is 35.5. The van der Waals surface area contributed by atoms with Crippen LogP contribution in [0.3, 0.4) is 0 Å². The summed E-state index contributed by atoms with van der Waals surface area (Å²) in [5, 5.41) is 8.42. The lowest BCUT2D eigenvalue weighted by atomic mass is 10.4. The molecule has 0 aliphatic carbocycles. The molecule has 0 saturated carbocycles. The van der Waals surface area contributed by atoms with Crippen molar-refractivity contribution < 1.29 is 5.11 Å². The second-order valence-corrected chi connectivity index (χ2v) is 1.13. The molecule has 0 bridgehead atoms. The first-order valence-electron chi connectivity index (χ1n) is 1.89. The van der Waals surface area contributed by atoms with E-state index in [0.717, 1.165) is 0 Å². The van der Waals surface area contributed by atoms with Gasteiger partial charge in [-0.2, -0.15) is 0 Å². The van der Waals surface area contributed by atoms with Crippen molar-refractivity contribution in [2.75, 3.05) is 13.1 Å². The molecule has 0 radical (unpaired) electrons. The van der Waals surface area contributed by atoms with Crippen LogP contribution in [0.15, 0.2) is 0 Å². The number of hydrogen-bond acceptors (Lipinski definition) is 3. The van der Waals surface area contributed by atoms with E-state index in [2.05, 4.69) is 0 Å². The van der Waals surface area contributed by atoms with Crippen molar-refractivity contribution in [2.45, 2.75) is 6.10 Å². The summed E-state index contributed by atoms with van der Waals surface area (Å²) in [5.74, 6) is 0. The quantitative estimate of drug-likeness (QED) is 0.430. The fourth-order valence-corrected chi connectivity index (χ4v) is 0.0962. The van der Waals surface area contributed by atoms with Crippen molar-refractivity contribution in [2.24, 2.45) is 11.5 Å². The highest BCUT2D eigenvalue weighted by Gasteiger charge is 1.91. The fourth-order valence-electron chi connectivity index (χ4n) is 0.0962. The molecule has 4 heteroatoms. The van der Waals surface area contributed by atoms with Crippen LogP contribution in [0, 0.1) is 0 Å². The van der Waals surface area contributed by atoms with E-state index >= 15 is 0 Å². The Labute approximate surface area is 49.1 Å². The van der Waals surface area contributed by atoms with Gasteiger partial charge >= 0.3 is 0 Å². The van der Waals surface area contributed by atoms with Gasteiger partial charge in [-0.05, 0) is 0 Å². The smallest absolute Gasteiger partial charge is 0.0784 e. The van der Waals surface area contributed by atoms with Gasteiger partial charge in [-0.3, -0.25) is 0 Å². The summed E-state index contributed by atoms with van der Waals surface area (Å²) in [6, 6.07) is 0. The summed E-state index contributed by atoms with van der Waals surface area (Å²) in [6.45, 7) is 0.521. The molecule has 0 aliphatic rings. The second kappa shape index (κ2) is 6.17. The van der Waals surface area contributed by atoms with Crippen LogP contribution in [0.5, 0.6) is 0 Å². The molecule has 0 atom stereocenters. The molecule has 5 N–H and O–H groups in total. The van der Waals surface area contributed by atoms with E-state index in [1.54, 1.807) is 0 Å². The lowest BCUT2D eigenvalue weighted by molar-refractivity contribution is 0.191. The monoisotopic (exact) mass is 126 g/mol. The van der Waals surface area contributed by atoms with Crippen molar-refractivity contribution in [1.82, 2.24) is 0 Å². The summed E-state index contributed by atoms with van der Waals surface area (Å²) in [5.41, 5.74) is 9.91. The molecule has 0 aromatic carbocycles. The first-order chi connectivity index (χ1) is 2.81. The molecule has 0 heterocycles. The van der Waals surface area contributed by atoms with E-state index in [1.807, 2.05) is 0 Å². The Kier molecular flexibility index (Phi) is 9.00. The number of rotatable bonds is 2. The van der Waals surface area contributed by atoms with Gasteiger partial charge in [0.15, 0.2) is 0 Å². The Morgan fingerprint density at radius 1 is 1.29 bits per heavy atom. The minimum Gasteiger partial charge on any atom is -0.390 e. The molecule has 7 heavy (non-hydrogen) atoms. The van der Waals surface area contributed by atoms with Gasteiger partial charge in [-0.1, -0.05) is 0 Å². The number of aliphatic hydroxyl groups excluding tert-OH is 1. The minimum absolute atomic E-state index is 0. The lowest BCUT2D eigenvalue weighted by Crippen LogP contribution is -2.27. The van der Waals surface area contributed by atoms with Gasteiger partial charge in [0.25, 0.3) is 0 Å². The molecule has 0 rings (SSSR count). The van der Waals surface area contributed by atoms with Gasteiger partial charge in [0.05, 0.1) is 6.10 Å². The molecule has 46 valence electrons. The first-order valence-corrected chi connectivity index (χ1v) is 1.89. The number of halogens is 1. The molecule has 0 amide bonds. The highest BCUT2D eigenvalue weighted by molar-refractivity contribution is 5.85. The molecule has 0 aromatic heterocycles. The summed E-state index contributed by atoms with van der Waals surface area (Å²) in [4.78, 5) is 0. The van der Waals surface area contributed by atoms with Crippen molar-refractivity contribution in [3.05, 3.63) is 0 Å². The maximum atomic E-state index is 8.42. The van der Waals surface area contributed by atoms with Crippen LogP contribution in [0.25, 0.3) is 0 Å². The molecular formula is C3H11ClN2O. The normalized spacial score (nSPS) is 8.57. The maximum absolute atomic E-state index is 8.42. The zero-order valence-corrected chi connectivity index (χ0v) is 4.82. The van der Waals surface area contributed by atoms with Crippen LogP contribution in [0.4, 0.5) is 0 Å². The second-order valence-electron chi connectivity index (χ2n) is 1.13. The van der Waals surface area contributed by atoms with Crippen LogP contribution in [-0.4, -0.2) is 24.3 Å². The molecule has 0 aliphatic heterocycles. The number of hydrogen-bond donors (Lipinski definition) is 3. The van der Waals surface area contributed by atoms with Crippen LogP contribution in [0.1, 0.15) is 0 Å². The first kappa shape index (κ1) is 10.2. The van der Waals surface area contributed by atoms with E-state index in [9.17, 15) is 0 Å². The lowest BCUT2D eigenvalue weighted by Gasteiger charge is -1.98. The van der Waals surface area contributed by atoms with Gasteiger partial charge < -0.3 is 16.6 Å². The summed E-state index contributed by atoms with van der Waals surface area (Å²) >= 11 is 0. The van der Waals surface area contributed by atoms with E-state index in [-0.39, 0.29) is 25.5 Å². The van der Waals surface area contributed by atoms with Crippen LogP contribution >= 0.6 is 12.4 Å². The van der Waals surface area contributed by atoms with Crippen LogP contribution in [0.2, 0.25) is 0 Å². The molecule has 0 saturated heterocycles. The zero-order valence-electron chi connectivity index (χ0n) is 4.00. The molecule has 3 nitrogen and oxygen atoms in total. The fraction of sp³-hybridized carbons (Fsp3) is 1.00. The molecule has 0 fully saturated rings. The SMILES string of the molecule is Cl.NCC(O)CN. The Bertz CT molecular complexity index is 32.1. The Balaban J connectivity index is 0. The Hall–Kier alpha value is 0.170. The molecule has 0 aromatic rings. The summed E-state index contributed by atoms with van der Waals surface area (Å²) < 4.78 is 0. The van der Waals surface area contributed by atoms with Crippen molar-refractivity contribution >= 4 is 12.4 Å². The maximum Gasteiger partial charge on any atom is 0.0784 e. The average Bonchev–Trinajstić information content (AvgIpc) is 1.65. The van der Waals surface area contributed by atoms with Crippen molar-refractivity contribution in [1.29, 1.82) is 0 Å². The van der Waals surface area contributed by atoms with E-state index in [1.165, 1.54) is 0 Å². The highest BCUT2D eigenvalue weighted by Crippen LogP contribution is 1.66. The van der Waals surface area contributed by atoms with Gasteiger partial charge in [0, 0.05) is 13.1 Å². The third-order valence-electron chi connectivity index (χ3n) is 0.544. The Morgan fingerprint density at radius 3 is 1.57 bits per heavy atom. The largest absolute Gasteiger partial charge is 0.390 e. The third-order valence-corrected chi connectivity index (χ3v) is 0.544. The average molecular weight is 127 g/mol. The standard InChI is InChI=1S/C3H10N2O.ClH/c4-1-3(6)2-5;/h3,6H,1-2,4-5H2;1H. The zero-order chi connectivity index (χ0) is 4.99. The number of nitrogens with two attached hydrogens (primary N) is 2.